The number of piperidine rings is 1. The van der Waals surface area contributed by atoms with E-state index in [1.165, 1.54) is 0 Å². The van der Waals surface area contributed by atoms with Crippen LogP contribution in [0.2, 0.25) is 0 Å². The highest BCUT2D eigenvalue weighted by atomic mass is 16.5. The molecule has 0 aliphatic carbocycles. The highest BCUT2D eigenvalue weighted by Gasteiger charge is 2.30. The van der Waals surface area contributed by atoms with Crippen LogP contribution < -0.4 is 0 Å². The number of carbonyl (C=O) groups excluding carboxylic acids is 1. The van der Waals surface area contributed by atoms with E-state index in [1.54, 1.807) is 29.9 Å². The fourth-order valence-electron chi connectivity index (χ4n) is 3.26. The molecule has 124 valence electrons. The number of aromatic nitrogens is 5. The molecule has 0 saturated carbocycles. The van der Waals surface area contributed by atoms with Crippen LogP contribution >= 0.6 is 0 Å². The van der Waals surface area contributed by atoms with Gasteiger partial charge < -0.3 is 9.42 Å². The molecule has 4 rings (SSSR count). The van der Waals surface area contributed by atoms with Crippen molar-refractivity contribution in [1.29, 1.82) is 0 Å². The van der Waals surface area contributed by atoms with E-state index in [0.717, 1.165) is 19.4 Å². The Morgan fingerprint density at radius 1 is 1.38 bits per heavy atom. The number of aryl methyl sites for hydroxylation is 2. The van der Waals surface area contributed by atoms with Gasteiger partial charge in [0, 0.05) is 38.3 Å². The number of nitrogens with zero attached hydrogens (tertiary/aromatic N) is 6. The molecule has 1 aliphatic heterocycles. The van der Waals surface area contributed by atoms with E-state index in [0.29, 0.717) is 35.2 Å². The Kier molecular flexibility index (Phi) is 3.51. The second-order valence-electron chi connectivity index (χ2n) is 6.11. The molecular formula is C16H18N6O2. The predicted molar refractivity (Wildman–Crippen MR) is 84.6 cm³/mol. The summed E-state index contributed by atoms with van der Waals surface area (Å²) in [5.74, 6) is 1.30. The van der Waals surface area contributed by atoms with E-state index >= 15 is 0 Å². The molecule has 1 fully saturated rings. The number of hydrogen-bond donors (Lipinski definition) is 0. The highest BCUT2D eigenvalue weighted by Crippen LogP contribution is 2.27. The molecule has 1 saturated heterocycles. The molecule has 0 unspecified atom stereocenters. The van der Waals surface area contributed by atoms with Crippen LogP contribution in [-0.2, 0) is 0 Å². The van der Waals surface area contributed by atoms with Crippen LogP contribution in [0.25, 0.3) is 5.65 Å². The molecule has 0 N–H and O–H groups in total. The SMILES string of the molecule is Cc1nc([C@H]2CCCN(C(=O)c3c(C)nn4cccnc34)C2)no1. The molecule has 1 atom stereocenters. The minimum Gasteiger partial charge on any atom is -0.340 e. The summed E-state index contributed by atoms with van der Waals surface area (Å²) in [6, 6.07) is 1.79. The van der Waals surface area contributed by atoms with Gasteiger partial charge in [0.2, 0.25) is 5.89 Å². The topological polar surface area (TPSA) is 89.4 Å². The van der Waals surface area contributed by atoms with E-state index in [9.17, 15) is 4.79 Å². The quantitative estimate of drug-likeness (QED) is 0.713. The normalized spacial score (nSPS) is 18.2. The minimum absolute atomic E-state index is 0.0360. The summed E-state index contributed by atoms with van der Waals surface area (Å²) in [6.07, 6.45) is 5.34. The fourth-order valence-corrected chi connectivity index (χ4v) is 3.26. The summed E-state index contributed by atoms with van der Waals surface area (Å²) in [7, 11) is 0. The molecule has 0 spiro atoms. The van der Waals surface area contributed by atoms with Crippen LogP contribution in [0.5, 0.6) is 0 Å². The highest BCUT2D eigenvalue weighted by molar-refractivity contribution is 6.01. The summed E-state index contributed by atoms with van der Waals surface area (Å²) in [4.78, 5) is 23.5. The van der Waals surface area contributed by atoms with Gasteiger partial charge in [0.1, 0.15) is 5.56 Å². The molecule has 1 aliphatic rings. The number of hydrogen-bond acceptors (Lipinski definition) is 6. The third-order valence-corrected chi connectivity index (χ3v) is 4.40. The lowest BCUT2D eigenvalue weighted by atomic mass is 9.96. The molecule has 8 nitrogen and oxygen atoms in total. The van der Waals surface area contributed by atoms with Crippen molar-refractivity contribution in [2.24, 2.45) is 0 Å². The van der Waals surface area contributed by atoms with Crippen molar-refractivity contribution in [3.63, 3.8) is 0 Å². The van der Waals surface area contributed by atoms with Crippen LogP contribution in [0.15, 0.2) is 23.0 Å². The Labute approximate surface area is 138 Å². The van der Waals surface area contributed by atoms with E-state index in [2.05, 4.69) is 20.2 Å². The molecule has 1 amide bonds. The molecule has 3 aromatic heterocycles. The van der Waals surface area contributed by atoms with Gasteiger partial charge in [0.25, 0.3) is 5.91 Å². The van der Waals surface area contributed by atoms with Gasteiger partial charge in [-0.3, -0.25) is 4.79 Å². The minimum atomic E-state index is -0.0360. The van der Waals surface area contributed by atoms with Gasteiger partial charge in [-0.2, -0.15) is 10.1 Å². The van der Waals surface area contributed by atoms with Gasteiger partial charge in [0.15, 0.2) is 11.5 Å². The average Bonchev–Trinajstić information content (AvgIpc) is 3.17. The molecule has 0 radical (unpaired) electrons. The van der Waals surface area contributed by atoms with Crippen molar-refractivity contribution in [2.75, 3.05) is 13.1 Å². The maximum atomic E-state index is 13.0. The van der Waals surface area contributed by atoms with Crippen LogP contribution in [0.4, 0.5) is 0 Å². The van der Waals surface area contributed by atoms with Gasteiger partial charge in [-0.15, -0.1) is 0 Å². The lowest BCUT2D eigenvalue weighted by molar-refractivity contribution is 0.0704. The van der Waals surface area contributed by atoms with Crippen molar-refractivity contribution in [2.45, 2.75) is 32.6 Å². The molecule has 4 heterocycles. The third-order valence-electron chi connectivity index (χ3n) is 4.40. The second kappa shape index (κ2) is 5.70. The standard InChI is InChI=1S/C16H18N6O2/c1-10-13(15-17-6-4-8-22(15)19-10)16(23)21-7-3-5-12(9-21)14-18-11(2)24-20-14/h4,6,8,12H,3,5,7,9H2,1-2H3/t12-/m0/s1. The van der Waals surface area contributed by atoms with Crippen molar-refractivity contribution in [1.82, 2.24) is 29.6 Å². The monoisotopic (exact) mass is 326 g/mol. The van der Waals surface area contributed by atoms with Gasteiger partial charge in [-0.05, 0) is 25.8 Å². The molecule has 24 heavy (non-hydrogen) atoms. The van der Waals surface area contributed by atoms with Crippen molar-refractivity contribution >= 4 is 11.6 Å². The van der Waals surface area contributed by atoms with Crippen molar-refractivity contribution in [3.8, 4) is 0 Å². The van der Waals surface area contributed by atoms with E-state index < -0.39 is 0 Å². The first-order valence-corrected chi connectivity index (χ1v) is 8.03. The first-order valence-electron chi connectivity index (χ1n) is 8.03. The Morgan fingerprint density at radius 3 is 3.04 bits per heavy atom. The lowest BCUT2D eigenvalue weighted by Gasteiger charge is -2.31. The summed E-state index contributed by atoms with van der Waals surface area (Å²) >= 11 is 0. The second-order valence-corrected chi connectivity index (χ2v) is 6.11. The summed E-state index contributed by atoms with van der Waals surface area (Å²) in [5.41, 5.74) is 1.86. The smallest absolute Gasteiger partial charge is 0.259 e. The third kappa shape index (κ3) is 2.44. The van der Waals surface area contributed by atoms with Crippen molar-refractivity contribution in [3.05, 3.63) is 41.4 Å². The molecule has 0 aromatic carbocycles. The van der Waals surface area contributed by atoms with Gasteiger partial charge in [-0.25, -0.2) is 9.50 Å². The Balaban J connectivity index is 1.62. The predicted octanol–water partition coefficient (Wildman–Crippen LogP) is 1.75. The zero-order chi connectivity index (χ0) is 16.7. The maximum Gasteiger partial charge on any atom is 0.259 e. The number of likely N-dealkylation sites (tertiary alicyclic amines) is 1. The average molecular weight is 326 g/mol. The van der Waals surface area contributed by atoms with E-state index in [1.807, 2.05) is 11.8 Å². The Bertz CT molecular complexity index is 899. The van der Waals surface area contributed by atoms with Gasteiger partial charge >= 0.3 is 0 Å². The van der Waals surface area contributed by atoms with Crippen LogP contribution in [0, 0.1) is 13.8 Å². The first-order chi connectivity index (χ1) is 11.6. The van der Waals surface area contributed by atoms with Crippen LogP contribution in [0.1, 0.15) is 46.5 Å². The zero-order valence-corrected chi connectivity index (χ0v) is 13.6. The Hall–Kier alpha value is -2.77. The Morgan fingerprint density at radius 2 is 2.25 bits per heavy atom. The largest absolute Gasteiger partial charge is 0.340 e. The summed E-state index contributed by atoms with van der Waals surface area (Å²) < 4.78 is 6.72. The molecule has 0 bridgehead atoms. The van der Waals surface area contributed by atoms with E-state index in [-0.39, 0.29) is 11.8 Å². The molecular weight excluding hydrogens is 308 g/mol. The number of carbonyl (C=O) groups is 1. The number of rotatable bonds is 2. The molecule has 8 heteroatoms. The molecule has 3 aromatic rings. The number of fused-ring (bicyclic) bond motifs is 1. The van der Waals surface area contributed by atoms with E-state index in [4.69, 9.17) is 4.52 Å². The van der Waals surface area contributed by atoms with Crippen LogP contribution in [0.3, 0.4) is 0 Å². The zero-order valence-electron chi connectivity index (χ0n) is 13.6. The first kappa shape index (κ1) is 14.8. The fraction of sp³-hybridized carbons (Fsp3) is 0.438. The van der Waals surface area contributed by atoms with Gasteiger partial charge in [0.05, 0.1) is 5.69 Å². The van der Waals surface area contributed by atoms with Gasteiger partial charge in [-0.1, -0.05) is 5.16 Å². The van der Waals surface area contributed by atoms with Crippen molar-refractivity contribution < 1.29 is 9.32 Å². The number of amides is 1. The summed E-state index contributed by atoms with van der Waals surface area (Å²) in [6.45, 7) is 4.92. The van der Waals surface area contributed by atoms with Crippen LogP contribution in [-0.4, -0.2) is 48.6 Å². The maximum absolute atomic E-state index is 13.0. The summed E-state index contributed by atoms with van der Waals surface area (Å²) in [5, 5.41) is 8.39. The lowest BCUT2D eigenvalue weighted by Crippen LogP contribution is -2.39.